The van der Waals surface area contributed by atoms with Crippen molar-refractivity contribution in [2.24, 2.45) is 5.92 Å². The average Bonchev–Trinajstić information content (AvgIpc) is 3.06. The van der Waals surface area contributed by atoms with Crippen LogP contribution in [-0.4, -0.2) is 24.4 Å². The number of aliphatic hydroxyl groups is 1. The minimum absolute atomic E-state index is 0.328. The molecule has 2 rings (SSSR count). The molecule has 1 aromatic carbocycles. The van der Waals surface area contributed by atoms with Crippen LogP contribution < -0.4 is 0 Å². The lowest BCUT2D eigenvalue weighted by atomic mass is 9.90. The number of halogens is 2. The van der Waals surface area contributed by atoms with Crippen LogP contribution in [0.3, 0.4) is 0 Å². The van der Waals surface area contributed by atoms with Gasteiger partial charge in [-0.3, -0.25) is 0 Å². The molecule has 0 heterocycles. The molecular weight excluding hydrogens is 259 g/mol. The van der Waals surface area contributed by atoms with E-state index in [-0.39, 0.29) is 0 Å². The highest BCUT2D eigenvalue weighted by atomic mass is 35.5. The van der Waals surface area contributed by atoms with E-state index in [4.69, 9.17) is 27.9 Å². The van der Waals surface area contributed by atoms with Gasteiger partial charge in [0.05, 0.1) is 12.2 Å². The lowest BCUT2D eigenvalue weighted by Gasteiger charge is -2.28. The first kappa shape index (κ1) is 13.2. The molecule has 1 saturated carbocycles. The summed E-state index contributed by atoms with van der Waals surface area (Å²) in [6.45, 7) is 0.344. The second kappa shape index (κ2) is 5.15. The topological polar surface area (TPSA) is 29.5 Å². The van der Waals surface area contributed by atoms with Gasteiger partial charge in [-0.15, -0.1) is 0 Å². The van der Waals surface area contributed by atoms with Crippen molar-refractivity contribution in [3.63, 3.8) is 0 Å². The molecule has 0 bridgehead atoms. The Balaban J connectivity index is 2.17. The molecule has 1 aliphatic carbocycles. The summed E-state index contributed by atoms with van der Waals surface area (Å²) in [5, 5.41) is 11.8. The van der Waals surface area contributed by atoms with Crippen molar-refractivity contribution in [3.8, 4) is 0 Å². The van der Waals surface area contributed by atoms with E-state index in [1.54, 1.807) is 19.2 Å². The van der Waals surface area contributed by atoms with Gasteiger partial charge in [-0.1, -0.05) is 29.3 Å². The largest absolute Gasteiger partial charge is 0.387 e. The maximum absolute atomic E-state index is 10.6. The average molecular weight is 275 g/mol. The highest BCUT2D eigenvalue weighted by molar-refractivity contribution is 6.35. The van der Waals surface area contributed by atoms with Gasteiger partial charge in [-0.05, 0) is 36.5 Å². The lowest BCUT2D eigenvalue weighted by Crippen LogP contribution is -2.39. The van der Waals surface area contributed by atoms with Crippen LogP contribution in [0.4, 0.5) is 0 Å². The molecule has 94 valence electrons. The summed E-state index contributed by atoms with van der Waals surface area (Å²) in [7, 11) is 1.61. The lowest BCUT2D eigenvalue weighted by molar-refractivity contribution is -0.0474. The minimum Gasteiger partial charge on any atom is -0.387 e. The first-order chi connectivity index (χ1) is 8.05. The van der Waals surface area contributed by atoms with Crippen LogP contribution in [0.5, 0.6) is 0 Å². The van der Waals surface area contributed by atoms with E-state index in [2.05, 4.69) is 0 Å². The molecule has 1 aromatic rings. The molecule has 17 heavy (non-hydrogen) atoms. The van der Waals surface area contributed by atoms with E-state index < -0.39 is 5.60 Å². The van der Waals surface area contributed by atoms with E-state index in [1.807, 2.05) is 6.07 Å². The highest BCUT2D eigenvalue weighted by Gasteiger charge is 2.44. The van der Waals surface area contributed by atoms with Crippen LogP contribution >= 0.6 is 23.2 Å². The number of methoxy groups -OCH3 is 1. The monoisotopic (exact) mass is 274 g/mol. The van der Waals surface area contributed by atoms with Crippen molar-refractivity contribution >= 4 is 23.2 Å². The fourth-order valence-corrected chi connectivity index (χ4v) is 2.65. The number of hydrogen-bond acceptors (Lipinski definition) is 2. The van der Waals surface area contributed by atoms with E-state index in [0.29, 0.717) is 29.0 Å². The Morgan fingerprint density at radius 3 is 2.65 bits per heavy atom. The maximum atomic E-state index is 10.6. The zero-order chi connectivity index (χ0) is 12.5. The first-order valence-electron chi connectivity index (χ1n) is 5.70. The third kappa shape index (κ3) is 3.14. The highest BCUT2D eigenvalue weighted by Crippen LogP contribution is 2.42. The maximum Gasteiger partial charge on any atom is 0.0948 e. The Hall–Kier alpha value is -0.280. The SMILES string of the molecule is COCC(O)(Cc1ccc(Cl)cc1Cl)C1CC1. The van der Waals surface area contributed by atoms with E-state index in [9.17, 15) is 5.11 Å². The fraction of sp³-hybridized carbons (Fsp3) is 0.538. The predicted molar refractivity (Wildman–Crippen MR) is 69.7 cm³/mol. The second-order valence-corrected chi connectivity index (χ2v) is 5.57. The molecule has 1 unspecified atom stereocenters. The van der Waals surface area contributed by atoms with Crippen molar-refractivity contribution in [2.45, 2.75) is 24.9 Å². The summed E-state index contributed by atoms with van der Waals surface area (Å²) in [5.74, 6) is 0.328. The Kier molecular flexibility index (Phi) is 3.99. The van der Waals surface area contributed by atoms with Crippen molar-refractivity contribution in [1.29, 1.82) is 0 Å². The van der Waals surface area contributed by atoms with Gasteiger partial charge in [0.1, 0.15) is 0 Å². The zero-order valence-electron chi connectivity index (χ0n) is 9.75. The van der Waals surface area contributed by atoms with Crippen molar-refractivity contribution < 1.29 is 9.84 Å². The molecule has 1 N–H and O–H groups in total. The molecule has 0 aliphatic heterocycles. The molecule has 0 saturated heterocycles. The Morgan fingerprint density at radius 1 is 1.41 bits per heavy atom. The predicted octanol–water partition coefficient (Wildman–Crippen LogP) is 3.32. The summed E-state index contributed by atoms with van der Waals surface area (Å²) < 4.78 is 5.12. The minimum atomic E-state index is -0.799. The van der Waals surface area contributed by atoms with Crippen molar-refractivity contribution in [1.82, 2.24) is 0 Å². The van der Waals surface area contributed by atoms with Gasteiger partial charge in [-0.2, -0.15) is 0 Å². The van der Waals surface area contributed by atoms with Crippen LogP contribution in [0, 0.1) is 5.92 Å². The summed E-state index contributed by atoms with van der Waals surface area (Å²) in [6, 6.07) is 5.37. The number of benzene rings is 1. The second-order valence-electron chi connectivity index (χ2n) is 4.72. The first-order valence-corrected chi connectivity index (χ1v) is 6.46. The van der Waals surface area contributed by atoms with E-state index >= 15 is 0 Å². The molecule has 0 radical (unpaired) electrons. The molecule has 0 spiro atoms. The third-order valence-electron chi connectivity index (χ3n) is 3.24. The van der Waals surface area contributed by atoms with Gasteiger partial charge in [0.2, 0.25) is 0 Å². The number of hydrogen-bond donors (Lipinski definition) is 1. The van der Waals surface area contributed by atoms with E-state index in [1.165, 1.54) is 0 Å². The van der Waals surface area contributed by atoms with Crippen LogP contribution in [0.2, 0.25) is 10.0 Å². The normalized spacial score (nSPS) is 19.1. The number of rotatable bonds is 5. The van der Waals surface area contributed by atoms with Gasteiger partial charge < -0.3 is 9.84 Å². The van der Waals surface area contributed by atoms with Crippen LogP contribution in [0.25, 0.3) is 0 Å². The molecule has 4 heteroatoms. The quantitative estimate of drug-likeness (QED) is 0.893. The molecule has 0 amide bonds. The smallest absolute Gasteiger partial charge is 0.0948 e. The molecule has 2 nitrogen and oxygen atoms in total. The Bertz CT molecular complexity index is 404. The number of ether oxygens (including phenoxy) is 1. The van der Waals surface area contributed by atoms with Crippen LogP contribution in [0.15, 0.2) is 18.2 Å². The van der Waals surface area contributed by atoms with Gasteiger partial charge >= 0.3 is 0 Å². The molecule has 1 fully saturated rings. The zero-order valence-corrected chi connectivity index (χ0v) is 11.3. The Labute approximate surface area is 111 Å². The standard InChI is InChI=1S/C13H16Cl2O2/c1-17-8-13(16,10-3-4-10)7-9-2-5-11(14)6-12(9)15/h2,5-6,10,16H,3-4,7-8H2,1H3. The molecule has 1 aliphatic rings. The molecular formula is C13H16Cl2O2. The van der Waals surface area contributed by atoms with Crippen LogP contribution in [-0.2, 0) is 11.2 Å². The van der Waals surface area contributed by atoms with E-state index in [0.717, 1.165) is 18.4 Å². The van der Waals surface area contributed by atoms with Crippen LogP contribution in [0.1, 0.15) is 18.4 Å². The van der Waals surface area contributed by atoms with Gasteiger partial charge in [0, 0.05) is 23.6 Å². The summed E-state index contributed by atoms with van der Waals surface area (Å²) >= 11 is 12.0. The fourth-order valence-electron chi connectivity index (χ4n) is 2.18. The molecule has 1 atom stereocenters. The Morgan fingerprint density at radius 2 is 2.12 bits per heavy atom. The van der Waals surface area contributed by atoms with Crippen molar-refractivity contribution in [3.05, 3.63) is 33.8 Å². The van der Waals surface area contributed by atoms with Gasteiger partial charge in [0.15, 0.2) is 0 Å². The summed E-state index contributed by atoms with van der Waals surface area (Å²) in [4.78, 5) is 0. The van der Waals surface area contributed by atoms with Gasteiger partial charge in [0.25, 0.3) is 0 Å². The summed E-state index contributed by atoms with van der Waals surface area (Å²) in [5.41, 5.74) is 0.120. The third-order valence-corrected chi connectivity index (χ3v) is 3.83. The van der Waals surface area contributed by atoms with Crippen molar-refractivity contribution in [2.75, 3.05) is 13.7 Å². The van der Waals surface area contributed by atoms with Gasteiger partial charge in [-0.25, -0.2) is 0 Å². The summed E-state index contributed by atoms with van der Waals surface area (Å²) in [6.07, 6.45) is 2.64. The molecule has 0 aromatic heterocycles.